The summed E-state index contributed by atoms with van der Waals surface area (Å²) in [6.45, 7) is 0. The highest BCUT2D eigenvalue weighted by Gasteiger charge is 2.23. The SMILES string of the molecule is COc1ccc([C@H](OC(=O)CCl)C(=O)O)cc1. The van der Waals surface area contributed by atoms with E-state index in [9.17, 15) is 9.59 Å². The molecule has 0 unspecified atom stereocenters. The first kappa shape index (κ1) is 13.3. The fraction of sp³-hybridized carbons (Fsp3) is 0.273. The van der Waals surface area contributed by atoms with E-state index in [0.717, 1.165) is 0 Å². The van der Waals surface area contributed by atoms with Crippen LogP contribution in [0, 0.1) is 0 Å². The molecular formula is C11H11ClO5. The molecule has 0 aliphatic heterocycles. The fourth-order valence-electron chi connectivity index (χ4n) is 1.20. The summed E-state index contributed by atoms with van der Waals surface area (Å²) in [6, 6.07) is 6.19. The molecule has 17 heavy (non-hydrogen) atoms. The number of halogens is 1. The molecule has 0 saturated carbocycles. The molecule has 0 fully saturated rings. The second-order valence-electron chi connectivity index (χ2n) is 3.11. The van der Waals surface area contributed by atoms with Gasteiger partial charge >= 0.3 is 11.9 Å². The Balaban J connectivity index is 2.89. The summed E-state index contributed by atoms with van der Waals surface area (Å²) >= 11 is 5.25. The van der Waals surface area contributed by atoms with Crippen molar-refractivity contribution < 1.29 is 24.2 Å². The highest BCUT2D eigenvalue weighted by Crippen LogP contribution is 2.21. The lowest BCUT2D eigenvalue weighted by Crippen LogP contribution is -2.20. The third-order valence-corrected chi connectivity index (χ3v) is 2.22. The first-order valence-corrected chi connectivity index (χ1v) is 5.24. The van der Waals surface area contributed by atoms with Crippen LogP contribution in [0.15, 0.2) is 24.3 Å². The number of methoxy groups -OCH3 is 1. The molecule has 1 aromatic carbocycles. The second kappa shape index (κ2) is 6.10. The van der Waals surface area contributed by atoms with Crippen LogP contribution in [0.3, 0.4) is 0 Å². The number of carboxylic acid groups (broad SMARTS) is 1. The van der Waals surface area contributed by atoms with Gasteiger partial charge in [-0.3, -0.25) is 4.79 Å². The summed E-state index contributed by atoms with van der Waals surface area (Å²) in [5.41, 5.74) is 0.344. The molecule has 0 bridgehead atoms. The molecule has 0 aliphatic carbocycles. The fourth-order valence-corrected chi connectivity index (χ4v) is 1.27. The van der Waals surface area contributed by atoms with Gasteiger partial charge in [-0.2, -0.15) is 0 Å². The number of esters is 1. The predicted molar refractivity (Wildman–Crippen MR) is 60.2 cm³/mol. The highest BCUT2D eigenvalue weighted by atomic mass is 35.5. The maximum atomic E-state index is 11.0. The van der Waals surface area contributed by atoms with E-state index < -0.39 is 18.0 Å². The van der Waals surface area contributed by atoms with Gasteiger partial charge in [0, 0.05) is 5.56 Å². The van der Waals surface area contributed by atoms with Crippen LogP contribution in [0.5, 0.6) is 5.75 Å². The number of rotatable bonds is 5. The number of alkyl halides is 1. The van der Waals surface area contributed by atoms with E-state index in [0.29, 0.717) is 11.3 Å². The average molecular weight is 259 g/mol. The lowest BCUT2D eigenvalue weighted by Gasteiger charge is -2.13. The lowest BCUT2D eigenvalue weighted by atomic mass is 10.1. The summed E-state index contributed by atoms with van der Waals surface area (Å²) < 4.78 is 9.64. The van der Waals surface area contributed by atoms with Gasteiger partial charge in [-0.25, -0.2) is 4.79 Å². The molecule has 92 valence electrons. The van der Waals surface area contributed by atoms with Gasteiger partial charge in [0.05, 0.1) is 7.11 Å². The Hall–Kier alpha value is -1.75. The molecular weight excluding hydrogens is 248 g/mol. The van der Waals surface area contributed by atoms with Gasteiger partial charge in [0.15, 0.2) is 0 Å². The van der Waals surface area contributed by atoms with Crippen LogP contribution in [0.25, 0.3) is 0 Å². The lowest BCUT2D eigenvalue weighted by molar-refractivity contribution is -0.162. The Morgan fingerprint density at radius 3 is 2.35 bits per heavy atom. The molecule has 0 heterocycles. The van der Waals surface area contributed by atoms with Crippen LogP contribution in [-0.4, -0.2) is 30.0 Å². The summed E-state index contributed by atoms with van der Waals surface area (Å²) in [6.07, 6.45) is -1.35. The van der Waals surface area contributed by atoms with Gasteiger partial charge in [-0.15, -0.1) is 11.6 Å². The smallest absolute Gasteiger partial charge is 0.349 e. The quantitative estimate of drug-likeness (QED) is 0.642. The van der Waals surface area contributed by atoms with Crippen molar-refractivity contribution in [3.8, 4) is 5.75 Å². The maximum absolute atomic E-state index is 11.0. The van der Waals surface area contributed by atoms with E-state index in [1.165, 1.54) is 19.2 Å². The number of carboxylic acids is 1. The van der Waals surface area contributed by atoms with Crippen LogP contribution >= 0.6 is 11.6 Å². The normalized spacial score (nSPS) is 11.6. The number of carbonyl (C=O) groups excluding carboxylic acids is 1. The Morgan fingerprint density at radius 2 is 1.94 bits per heavy atom. The van der Waals surface area contributed by atoms with E-state index in [-0.39, 0.29) is 5.88 Å². The van der Waals surface area contributed by atoms with Gasteiger partial charge in [0.1, 0.15) is 11.6 Å². The number of ether oxygens (including phenoxy) is 2. The topological polar surface area (TPSA) is 72.8 Å². The molecule has 0 amide bonds. The number of carbonyl (C=O) groups is 2. The standard InChI is InChI=1S/C11H11ClO5/c1-16-8-4-2-7(3-5-8)10(11(14)15)17-9(13)6-12/h2-5,10H,6H2,1H3,(H,14,15)/t10-/m0/s1. The number of hydrogen-bond acceptors (Lipinski definition) is 4. The van der Waals surface area contributed by atoms with Gasteiger partial charge < -0.3 is 14.6 Å². The molecule has 0 radical (unpaired) electrons. The molecule has 0 aromatic heterocycles. The Morgan fingerprint density at radius 1 is 1.35 bits per heavy atom. The largest absolute Gasteiger partial charge is 0.497 e. The Kier molecular flexibility index (Phi) is 4.78. The molecule has 6 heteroatoms. The molecule has 0 aliphatic rings. The molecule has 1 aromatic rings. The van der Waals surface area contributed by atoms with Crippen LogP contribution in [-0.2, 0) is 14.3 Å². The van der Waals surface area contributed by atoms with Crippen LogP contribution in [0.2, 0.25) is 0 Å². The molecule has 0 spiro atoms. The van der Waals surface area contributed by atoms with Crippen molar-refractivity contribution in [3.05, 3.63) is 29.8 Å². The van der Waals surface area contributed by atoms with Crippen molar-refractivity contribution >= 4 is 23.5 Å². The minimum absolute atomic E-state index is 0.344. The zero-order valence-corrected chi connectivity index (χ0v) is 9.81. The van der Waals surface area contributed by atoms with E-state index in [4.69, 9.17) is 26.2 Å². The van der Waals surface area contributed by atoms with Crippen molar-refractivity contribution in [2.75, 3.05) is 13.0 Å². The molecule has 1 N–H and O–H groups in total. The summed E-state index contributed by atoms with van der Waals surface area (Å²) in [4.78, 5) is 21.9. The minimum Gasteiger partial charge on any atom is -0.497 e. The van der Waals surface area contributed by atoms with Crippen molar-refractivity contribution in [1.82, 2.24) is 0 Å². The first-order chi connectivity index (χ1) is 8.08. The van der Waals surface area contributed by atoms with Crippen molar-refractivity contribution in [1.29, 1.82) is 0 Å². The summed E-state index contributed by atoms with van der Waals surface area (Å²) in [7, 11) is 1.50. The van der Waals surface area contributed by atoms with Crippen LogP contribution < -0.4 is 4.74 Å². The molecule has 1 rings (SSSR count). The minimum atomic E-state index is -1.35. The number of hydrogen-bond donors (Lipinski definition) is 1. The summed E-state index contributed by atoms with van der Waals surface area (Å²) in [5.74, 6) is -1.84. The van der Waals surface area contributed by atoms with Gasteiger partial charge in [-0.1, -0.05) is 12.1 Å². The van der Waals surface area contributed by atoms with E-state index in [2.05, 4.69) is 0 Å². The molecule has 1 atom stereocenters. The number of aliphatic carboxylic acids is 1. The zero-order valence-electron chi connectivity index (χ0n) is 9.05. The highest BCUT2D eigenvalue weighted by molar-refractivity contribution is 6.26. The van der Waals surface area contributed by atoms with Crippen molar-refractivity contribution in [3.63, 3.8) is 0 Å². The third kappa shape index (κ3) is 3.64. The maximum Gasteiger partial charge on any atom is 0.349 e. The molecule has 5 nitrogen and oxygen atoms in total. The second-order valence-corrected chi connectivity index (χ2v) is 3.38. The first-order valence-electron chi connectivity index (χ1n) is 4.70. The Bertz CT molecular complexity index is 401. The average Bonchev–Trinajstić information content (AvgIpc) is 2.35. The van der Waals surface area contributed by atoms with Gasteiger partial charge in [0.25, 0.3) is 0 Å². The number of benzene rings is 1. The van der Waals surface area contributed by atoms with Crippen molar-refractivity contribution in [2.24, 2.45) is 0 Å². The molecule has 0 saturated heterocycles. The van der Waals surface area contributed by atoms with Gasteiger partial charge in [0.2, 0.25) is 6.10 Å². The zero-order chi connectivity index (χ0) is 12.8. The predicted octanol–water partition coefficient (Wildman–Crippen LogP) is 1.60. The van der Waals surface area contributed by atoms with Crippen molar-refractivity contribution in [2.45, 2.75) is 6.10 Å². The third-order valence-electron chi connectivity index (χ3n) is 2.00. The van der Waals surface area contributed by atoms with Crippen LogP contribution in [0.4, 0.5) is 0 Å². The monoisotopic (exact) mass is 258 g/mol. The van der Waals surface area contributed by atoms with E-state index in [1.54, 1.807) is 12.1 Å². The Labute approximate surface area is 103 Å². The van der Waals surface area contributed by atoms with E-state index >= 15 is 0 Å². The van der Waals surface area contributed by atoms with Crippen LogP contribution in [0.1, 0.15) is 11.7 Å². The summed E-state index contributed by atoms with van der Waals surface area (Å²) in [5, 5.41) is 8.95. The van der Waals surface area contributed by atoms with Gasteiger partial charge in [-0.05, 0) is 12.1 Å². The van der Waals surface area contributed by atoms with E-state index in [1.807, 2.05) is 0 Å².